The summed E-state index contributed by atoms with van der Waals surface area (Å²) in [5.74, 6) is 1.83. The molecule has 0 fully saturated rings. The van der Waals surface area contributed by atoms with Gasteiger partial charge in [-0.15, -0.1) is 11.3 Å². The molecule has 3 heterocycles. The van der Waals surface area contributed by atoms with E-state index < -0.39 is 0 Å². The molecule has 4 rings (SSSR count). The number of thiophene rings is 1. The molecule has 1 aliphatic rings. The van der Waals surface area contributed by atoms with Gasteiger partial charge in [0, 0.05) is 30.2 Å². The third kappa shape index (κ3) is 2.69. The Kier molecular flexibility index (Phi) is 4.00. The number of nitrogens with one attached hydrogen (secondary N) is 1. The molecular weight excluding hydrogens is 318 g/mol. The van der Waals surface area contributed by atoms with E-state index >= 15 is 0 Å². The average Bonchev–Trinajstić information content (AvgIpc) is 3.11. The van der Waals surface area contributed by atoms with E-state index in [1.165, 1.54) is 40.7 Å². The predicted octanol–water partition coefficient (Wildman–Crippen LogP) is 3.79. The number of nitrogens with zero attached hydrogens (tertiary/aromatic N) is 4. The van der Waals surface area contributed by atoms with Crippen LogP contribution in [0.2, 0.25) is 0 Å². The van der Waals surface area contributed by atoms with E-state index in [0.717, 1.165) is 41.6 Å². The van der Waals surface area contributed by atoms with Gasteiger partial charge in [0.2, 0.25) is 0 Å². The first-order chi connectivity index (χ1) is 11.7. The average molecular weight is 341 g/mol. The number of hydrogen-bond donors (Lipinski definition) is 1. The quantitative estimate of drug-likeness (QED) is 0.784. The summed E-state index contributed by atoms with van der Waals surface area (Å²) >= 11 is 1.85. The van der Waals surface area contributed by atoms with Crippen molar-refractivity contribution in [2.75, 3.05) is 5.32 Å². The molecule has 6 heteroatoms. The molecule has 0 atom stereocenters. The molecule has 0 radical (unpaired) electrons. The summed E-state index contributed by atoms with van der Waals surface area (Å²) < 4.78 is 1.89. The van der Waals surface area contributed by atoms with Gasteiger partial charge in [-0.3, -0.25) is 4.68 Å². The highest BCUT2D eigenvalue weighted by Gasteiger charge is 2.20. The van der Waals surface area contributed by atoms with E-state index in [4.69, 9.17) is 4.98 Å². The number of hydrogen-bond acceptors (Lipinski definition) is 5. The van der Waals surface area contributed by atoms with Crippen LogP contribution >= 0.6 is 11.3 Å². The molecule has 1 N–H and O–H groups in total. The summed E-state index contributed by atoms with van der Waals surface area (Å²) in [7, 11) is 1.98. The zero-order valence-corrected chi connectivity index (χ0v) is 15.3. The molecule has 0 amide bonds. The van der Waals surface area contributed by atoms with Crippen molar-refractivity contribution < 1.29 is 0 Å². The lowest BCUT2D eigenvalue weighted by atomic mass is 9.97. The molecule has 0 spiro atoms. The number of aryl methyl sites for hydroxylation is 5. The number of fused-ring (bicyclic) bond motifs is 3. The van der Waals surface area contributed by atoms with E-state index in [9.17, 15) is 0 Å². The molecule has 1 aliphatic carbocycles. The van der Waals surface area contributed by atoms with Crippen molar-refractivity contribution in [3.8, 4) is 0 Å². The van der Waals surface area contributed by atoms with Gasteiger partial charge in [-0.25, -0.2) is 9.97 Å². The van der Waals surface area contributed by atoms with Crippen LogP contribution in [0, 0.1) is 6.92 Å². The van der Waals surface area contributed by atoms with E-state index in [0.29, 0.717) is 0 Å². The van der Waals surface area contributed by atoms with Gasteiger partial charge in [-0.1, -0.05) is 6.92 Å². The standard InChI is InChI=1S/C18H23N5S/c1-4-14-12(10-23(3)22-14)9-19-17-16-13-7-5-6-8-15(13)24-18(16)21-11(2)20-17/h10H,4-9H2,1-3H3,(H,19,20,21). The minimum Gasteiger partial charge on any atom is -0.365 e. The number of anilines is 1. The van der Waals surface area contributed by atoms with Crippen molar-refractivity contribution in [1.29, 1.82) is 0 Å². The Morgan fingerprint density at radius 1 is 1.25 bits per heavy atom. The lowest BCUT2D eigenvalue weighted by molar-refractivity contribution is 0.700. The maximum atomic E-state index is 4.72. The van der Waals surface area contributed by atoms with Crippen molar-refractivity contribution in [1.82, 2.24) is 19.7 Å². The predicted molar refractivity (Wildman–Crippen MR) is 98.7 cm³/mol. The first kappa shape index (κ1) is 15.6. The molecule has 24 heavy (non-hydrogen) atoms. The van der Waals surface area contributed by atoms with Crippen LogP contribution in [0.3, 0.4) is 0 Å². The van der Waals surface area contributed by atoms with E-state index in [1.807, 2.05) is 30.0 Å². The lowest BCUT2D eigenvalue weighted by Crippen LogP contribution is -2.06. The first-order valence-corrected chi connectivity index (χ1v) is 9.51. The second-order valence-corrected chi connectivity index (χ2v) is 7.58. The topological polar surface area (TPSA) is 55.6 Å². The van der Waals surface area contributed by atoms with Crippen LogP contribution in [0.4, 0.5) is 5.82 Å². The monoisotopic (exact) mass is 341 g/mol. The molecule has 126 valence electrons. The maximum absolute atomic E-state index is 4.72. The van der Waals surface area contributed by atoms with Crippen LogP contribution in [-0.2, 0) is 32.9 Å². The Labute approximate surface area is 146 Å². The SMILES string of the molecule is CCc1nn(C)cc1CNc1nc(C)nc2sc3c(c12)CCCC3. The lowest BCUT2D eigenvalue weighted by Gasteiger charge is -2.13. The Hall–Kier alpha value is -1.95. The molecule has 0 unspecified atom stereocenters. The normalized spacial score (nSPS) is 14.1. The molecular formula is C18H23N5S. The highest BCUT2D eigenvalue weighted by atomic mass is 32.1. The van der Waals surface area contributed by atoms with Gasteiger partial charge in [-0.05, 0) is 44.6 Å². The fourth-order valence-electron chi connectivity index (χ4n) is 3.60. The number of rotatable bonds is 4. The maximum Gasteiger partial charge on any atom is 0.139 e. The second kappa shape index (κ2) is 6.16. The van der Waals surface area contributed by atoms with Crippen molar-refractivity contribution in [3.05, 3.63) is 33.7 Å². The van der Waals surface area contributed by atoms with E-state index in [1.54, 1.807) is 0 Å². The molecule has 3 aromatic rings. The summed E-state index contributed by atoms with van der Waals surface area (Å²) in [5, 5.41) is 9.35. The Morgan fingerprint density at radius 2 is 2.08 bits per heavy atom. The Morgan fingerprint density at radius 3 is 2.92 bits per heavy atom. The molecule has 3 aromatic heterocycles. The molecule has 0 saturated carbocycles. The van der Waals surface area contributed by atoms with Crippen molar-refractivity contribution in [3.63, 3.8) is 0 Å². The van der Waals surface area contributed by atoms with Gasteiger partial charge in [-0.2, -0.15) is 5.10 Å². The summed E-state index contributed by atoms with van der Waals surface area (Å²) in [5.41, 5.74) is 3.87. The fraction of sp³-hybridized carbons (Fsp3) is 0.500. The third-order valence-electron chi connectivity index (χ3n) is 4.70. The summed E-state index contributed by atoms with van der Waals surface area (Å²) in [4.78, 5) is 12.0. The van der Waals surface area contributed by atoms with Crippen LogP contribution in [-0.4, -0.2) is 19.7 Å². The second-order valence-electron chi connectivity index (χ2n) is 6.49. The zero-order valence-electron chi connectivity index (χ0n) is 14.5. The smallest absolute Gasteiger partial charge is 0.139 e. The van der Waals surface area contributed by atoms with Crippen LogP contribution in [0.25, 0.3) is 10.2 Å². The third-order valence-corrected chi connectivity index (χ3v) is 5.89. The Balaban J connectivity index is 1.71. The van der Waals surface area contributed by atoms with Gasteiger partial charge < -0.3 is 5.32 Å². The minimum atomic E-state index is 0.757. The largest absolute Gasteiger partial charge is 0.365 e. The van der Waals surface area contributed by atoms with Crippen molar-refractivity contribution in [2.45, 2.75) is 52.5 Å². The molecule has 0 aromatic carbocycles. The highest BCUT2D eigenvalue weighted by Crippen LogP contribution is 2.38. The van der Waals surface area contributed by atoms with Gasteiger partial charge in [0.1, 0.15) is 16.5 Å². The van der Waals surface area contributed by atoms with Crippen molar-refractivity contribution in [2.24, 2.45) is 7.05 Å². The molecule has 0 aliphatic heterocycles. The Bertz CT molecular complexity index is 893. The van der Waals surface area contributed by atoms with Gasteiger partial charge >= 0.3 is 0 Å². The van der Waals surface area contributed by atoms with E-state index in [-0.39, 0.29) is 0 Å². The minimum absolute atomic E-state index is 0.757. The molecule has 0 saturated heterocycles. The summed E-state index contributed by atoms with van der Waals surface area (Å²) in [6.45, 7) is 4.88. The van der Waals surface area contributed by atoms with Crippen LogP contribution < -0.4 is 5.32 Å². The fourth-order valence-corrected chi connectivity index (χ4v) is 4.91. The van der Waals surface area contributed by atoms with Gasteiger partial charge in [0.25, 0.3) is 0 Å². The molecule has 5 nitrogen and oxygen atoms in total. The van der Waals surface area contributed by atoms with Crippen LogP contribution in [0.5, 0.6) is 0 Å². The summed E-state index contributed by atoms with van der Waals surface area (Å²) in [6, 6.07) is 0. The van der Waals surface area contributed by atoms with Crippen LogP contribution in [0.15, 0.2) is 6.20 Å². The number of aromatic nitrogens is 4. The summed E-state index contributed by atoms with van der Waals surface area (Å²) in [6.07, 6.45) is 7.96. The zero-order chi connectivity index (χ0) is 16.7. The van der Waals surface area contributed by atoms with Crippen LogP contribution in [0.1, 0.15) is 47.3 Å². The van der Waals surface area contributed by atoms with Gasteiger partial charge in [0.15, 0.2) is 0 Å². The molecule has 0 bridgehead atoms. The van der Waals surface area contributed by atoms with Crippen molar-refractivity contribution >= 4 is 27.4 Å². The highest BCUT2D eigenvalue weighted by molar-refractivity contribution is 7.19. The van der Waals surface area contributed by atoms with Gasteiger partial charge in [0.05, 0.1) is 11.1 Å². The van der Waals surface area contributed by atoms with E-state index in [2.05, 4.69) is 28.5 Å². The first-order valence-electron chi connectivity index (χ1n) is 8.70.